The van der Waals surface area contributed by atoms with Gasteiger partial charge in [-0.2, -0.15) is 0 Å². The van der Waals surface area contributed by atoms with Crippen LogP contribution in [-0.4, -0.2) is 30.4 Å². The fourth-order valence-electron chi connectivity index (χ4n) is 3.97. The normalized spacial score (nSPS) is 18.6. The summed E-state index contributed by atoms with van der Waals surface area (Å²) in [7, 11) is 0. The molecule has 2 aliphatic rings. The summed E-state index contributed by atoms with van der Waals surface area (Å²) in [4.78, 5) is 17.4. The number of para-hydroxylation sites is 1. The zero-order valence-corrected chi connectivity index (χ0v) is 14.0. The van der Waals surface area contributed by atoms with Crippen molar-refractivity contribution in [2.24, 2.45) is 5.92 Å². The number of hydrogen-bond donors (Lipinski definition) is 0. The molecule has 2 aromatic carbocycles. The van der Waals surface area contributed by atoms with Gasteiger partial charge in [-0.25, -0.2) is 0 Å². The number of amides is 1. The lowest BCUT2D eigenvalue weighted by Crippen LogP contribution is -2.41. The zero-order chi connectivity index (χ0) is 16.4. The average molecular weight is 320 g/mol. The molecule has 24 heavy (non-hydrogen) atoms. The Morgan fingerprint density at radius 1 is 0.917 bits per heavy atom. The minimum absolute atomic E-state index is 0.183. The molecule has 0 aromatic heterocycles. The molecule has 0 unspecified atom stereocenters. The first-order valence-electron chi connectivity index (χ1n) is 8.97. The van der Waals surface area contributed by atoms with Crippen LogP contribution >= 0.6 is 0 Å². The Kier molecular flexibility index (Phi) is 4.35. The van der Waals surface area contributed by atoms with Gasteiger partial charge in [0, 0.05) is 24.7 Å². The summed E-state index contributed by atoms with van der Waals surface area (Å²) in [5.74, 6) is 0.516. The largest absolute Gasteiger partial charge is 0.312 e. The van der Waals surface area contributed by atoms with Crippen molar-refractivity contribution in [3.05, 3.63) is 65.7 Å². The molecule has 0 radical (unpaired) electrons. The van der Waals surface area contributed by atoms with Crippen molar-refractivity contribution in [2.75, 3.05) is 24.5 Å². The molecule has 2 heterocycles. The minimum Gasteiger partial charge on any atom is -0.312 e. The second-order valence-electron chi connectivity index (χ2n) is 6.90. The second-order valence-corrected chi connectivity index (χ2v) is 6.90. The van der Waals surface area contributed by atoms with Gasteiger partial charge in [-0.1, -0.05) is 48.5 Å². The smallest absolute Gasteiger partial charge is 0.230 e. The van der Waals surface area contributed by atoms with Gasteiger partial charge in [0.25, 0.3) is 0 Å². The Hall–Kier alpha value is -2.13. The molecule has 3 heteroatoms. The average Bonchev–Trinajstić information content (AvgIpc) is 3.07. The van der Waals surface area contributed by atoms with Crippen molar-refractivity contribution in [2.45, 2.75) is 25.8 Å². The molecule has 0 spiro atoms. The fourth-order valence-corrected chi connectivity index (χ4v) is 3.97. The van der Waals surface area contributed by atoms with E-state index < -0.39 is 0 Å². The van der Waals surface area contributed by atoms with E-state index in [2.05, 4.69) is 53.4 Å². The summed E-state index contributed by atoms with van der Waals surface area (Å²) in [6.45, 7) is 3.87. The monoisotopic (exact) mass is 320 g/mol. The fraction of sp³-hybridized carbons (Fsp3) is 0.381. The van der Waals surface area contributed by atoms with Crippen LogP contribution in [0.25, 0.3) is 0 Å². The van der Waals surface area contributed by atoms with Crippen molar-refractivity contribution in [3.8, 4) is 0 Å². The quantitative estimate of drug-likeness (QED) is 0.864. The van der Waals surface area contributed by atoms with Crippen molar-refractivity contribution < 1.29 is 4.79 Å². The molecular weight excluding hydrogens is 296 g/mol. The van der Waals surface area contributed by atoms with Crippen molar-refractivity contribution in [1.29, 1.82) is 0 Å². The highest BCUT2D eigenvalue weighted by Crippen LogP contribution is 2.31. The molecule has 1 saturated heterocycles. The van der Waals surface area contributed by atoms with E-state index in [4.69, 9.17) is 0 Å². The van der Waals surface area contributed by atoms with Crippen molar-refractivity contribution in [3.63, 3.8) is 0 Å². The van der Waals surface area contributed by atoms with Crippen LogP contribution in [0.3, 0.4) is 0 Å². The highest BCUT2D eigenvalue weighted by Gasteiger charge is 2.32. The molecule has 4 rings (SSSR count). The van der Waals surface area contributed by atoms with Gasteiger partial charge in [-0.15, -0.1) is 0 Å². The van der Waals surface area contributed by atoms with Crippen molar-refractivity contribution >= 4 is 11.6 Å². The predicted molar refractivity (Wildman–Crippen MR) is 96.9 cm³/mol. The highest BCUT2D eigenvalue weighted by atomic mass is 16.2. The topological polar surface area (TPSA) is 23.6 Å². The molecule has 2 aliphatic heterocycles. The third kappa shape index (κ3) is 3.09. The van der Waals surface area contributed by atoms with Gasteiger partial charge < -0.3 is 4.90 Å². The molecule has 3 nitrogen and oxygen atoms in total. The number of rotatable bonds is 3. The van der Waals surface area contributed by atoms with E-state index in [1.807, 2.05) is 11.0 Å². The van der Waals surface area contributed by atoms with Crippen molar-refractivity contribution in [1.82, 2.24) is 4.90 Å². The molecule has 124 valence electrons. The summed E-state index contributed by atoms with van der Waals surface area (Å²) in [5, 5.41) is 0. The summed E-state index contributed by atoms with van der Waals surface area (Å²) in [6, 6.07) is 18.9. The predicted octanol–water partition coefficient (Wildman–Crippen LogP) is 3.49. The molecule has 0 bridgehead atoms. The van der Waals surface area contributed by atoms with Crippen LogP contribution < -0.4 is 4.90 Å². The number of hydrogen-bond acceptors (Lipinski definition) is 2. The maximum absolute atomic E-state index is 12.9. The lowest BCUT2D eigenvalue weighted by atomic mass is 9.95. The number of carbonyl (C=O) groups is 1. The molecule has 0 atom stereocenters. The lowest BCUT2D eigenvalue weighted by molar-refractivity contribution is -0.123. The Balaban J connectivity index is 1.35. The number of nitrogens with zero attached hydrogens (tertiary/aromatic N) is 2. The van der Waals surface area contributed by atoms with E-state index in [1.165, 1.54) is 11.1 Å². The van der Waals surface area contributed by atoms with Gasteiger partial charge in [-0.3, -0.25) is 9.69 Å². The molecule has 1 fully saturated rings. The number of carbonyl (C=O) groups excluding carboxylic acids is 1. The van der Waals surface area contributed by atoms with Gasteiger partial charge in [0.1, 0.15) is 0 Å². The number of benzene rings is 2. The zero-order valence-electron chi connectivity index (χ0n) is 14.0. The number of piperidine rings is 1. The molecule has 1 amide bonds. The maximum atomic E-state index is 12.9. The van der Waals surface area contributed by atoms with Crippen LogP contribution in [0.15, 0.2) is 54.6 Å². The molecule has 0 aliphatic carbocycles. The van der Waals surface area contributed by atoms with Gasteiger partial charge in [0.05, 0.1) is 0 Å². The standard InChI is InChI=1S/C21H24N2O/c24-21(23-15-12-18-8-4-5-9-20(18)23)19-10-13-22(14-11-19)16-17-6-2-1-3-7-17/h1-9,19H,10-16H2. The Morgan fingerprint density at radius 3 is 2.42 bits per heavy atom. The maximum Gasteiger partial charge on any atom is 0.230 e. The molecule has 2 aromatic rings. The van der Waals surface area contributed by atoms with Gasteiger partial charge >= 0.3 is 0 Å². The van der Waals surface area contributed by atoms with E-state index in [0.717, 1.165) is 51.1 Å². The first-order valence-corrected chi connectivity index (χ1v) is 8.97. The first-order chi connectivity index (χ1) is 11.8. The Labute approximate surface area is 143 Å². The second kappa shape index (κ2) is 6.78. The lowest BCUT2D eigenvalue weighted by Gasteiger charge is -2.33. The summed E-state index contributed by atoms with van der Waals surface area (Å²) < 4.78 is 0. The third-order valence-electron chi connectivity index (χ3n) is 5.34. The Morgan fingerprint density at radius 2 is 1.62 bits per heavy atom. The van der Waals surface area contributed by atoms with Crippen LogP contribution in [0.2, 0.25) is 0 Å². The SMILES string of the molecule is O=C(C1CCN(Cc2ccccc2)CC1)N1CCc2ccccc21. The highest BCUT2D eigenvalue weighted by molar-refractivity contribution is 5.97. The van der Waals surface area contributed by atoms with Crippen LogP contribution in [0.4, 0.5) is 5.69 Å². The van der Waals surface area contributed by atoms with E-state index in [0.29, 0.717) is 5.91 Å². The Bertz CT molecular complexity index is 705. The number of likely N-dealkylation sites (tertiary alicyclic amines) is 1. The third-order valence-corrected chi connectivity index (χ3v) is 5.34. The molecular formula is C21H24N2O. The summed E-state index contributed by atoms with van der Waals surface area (Å²) in [5.41, 5.74) is 3.80. The molecule has 0 saturated carbocycles. The number of fused-ring (bicyclic) bond motifs is 1. The van der Waals surface area contributed by atoms with E-state index in [1.54, 1.807) is 0 Å². The summed E-state index contributed by atoms with van der Waals surface area (Å²) >= 11 is 0. The summed E-state index contributed by atoms with van der Waals surface area (Å²) in [6.07, 6.45) is 2.95. The number of anilines is 1. The minimum atomic E-state index is 0.183. The van der Waals surface area contributed by atoms with Gasteiger partial charge in [-0.05, 0) is 49.5 Å². The van der Waals surface area contributed by atoms with E-state index in [-0.39, 0.29) is 5.92 Å². The van der Waals surface area contributed by atoms with Crippen LogP contribution in [-0.2, 0) is 17.8 Å². The molecule has 0 N–H and O–H groups in total. The van der Waals surface area contributed by atoms with Gasteiger partial charge in [0.15, 0.2) is 0 Å². The first kappa shape index (κ1) is 15.4. The van der Waals surface area contributed by atoms with E-state index >= 15 is 0 Å². The van der Waals surface area contributed by atoms with Crippen LogP contribution in [0.1, 0.15) is 24.0 Å². The van der Waals surface area contributed by atoms with E-state index in [9.17, 15) is 4.79 Å². The van der Waals surface area contributed by atoms with Gasteiger partial charge in [0.2, 0.25) is 5.91 Å². The van der Waals surface area contributed by atoms with Crippen LogP contribution in [0.5, 0.6) is 0 Å². The van der Waals surface area contributed by atoms with Crippen LogP contribution in [0, 0.1) is 5.92 Å².